The molecule has 2 N–H and O–H groups in total. The summed E-state index contributed by atoms with van der Waals surface area (Å²) in [4.78, 5) is 12.5. The highest BCUT2D eigenvalue weighted by molar-refractivity contribution is 6.00. The zero-order valence-electron chi connectivity index (χ0n) is 12.8. The van der Waals surface area contributed by atoms with Gasteiger partial charge in [-0.15, -0.1) is 0 Å². The van der Waals surface area contributed by atoms with E-state index in [1.54, 1.807) is 0 Å². The number of benzene rings is 1. The van der Waals surface area contributed by atoms with Crippen LogP contribution >= 0.6 is 0 Å². The number of amides is 1. The molecule has 3 nitrogen and oxygen atoms in total. The van der Waals surface area contributed by atoms with E-state index in [-0.39, 0.29) is 5.91 Å². The highest BCUT2D eigenvalue weighted by atomic mass is 16.1. The van der Waals surface area contributed by atoms with Crippen molar-refractivity contribution < 1.29 is 4.79 Å². The monoisotopic (exact) mass is 274 g/mol. The van der Waals surface area contributed by atoms with Gasteiger partial charge in [0.2, 0.25) is 0 Å². The number of anilines is 1. The first kappa shape index (κ1) is 14.9. The molecule has 0 radical (unpaired) electrons. The van der Waals surface area contributed by atoms with Gasteiger partial charge in [0.1, 0.15) is 0 Å². The van der Waals surface area contributed by atoms with Crippen LogP contribution in [0.15, 0.2) is 18.2 Å². The second kappa shape index (κ2) is 6.78. The molecule has 2 unspecified atom stereocenters. The topological polar surface area (TPSA) is 41.1 Å². The van der Waals surface area contributed by atoms with E-state index in [1.165, 1.54) is 12.8 Å². The Hall–Kier alpha value is -1.51. The van der Waals surface area contributed by atoms with Crippen molar-refractivity contribution in [1.82, 2.24) is 5.32 Å². The number of rotatable bonds is 5. The molecular weight excluding hydrogens is 248 g/mol. The Balaban J connectivity index is 2.12. The van der Waals surface area contributed by atoms with Gasteiger partial charge in [0.25, 0.3) is 5.91 Å². The number of hydrogen-bond acceptors (Lipinski definition) is 2. The second-order valence-electron chi connectivity index (χ2n) is 5.96. The van der Waals surface area contributed by atoms with Crippen LogP contribution < -0.4 is 10.6 Å². The third kappa shape index (κ3) is 3.53. The van der Waals surface area contributed by atoms with Crippen LogP contribution in [0.3, 0.4) is 0 Å². The Bertz CT molecular complexity index is 470. The summed E-state index contributed by atoms with van der Waals surface area (Å²) in [5.74, 6) is 0.655. The van der Waals surface area contributed by atoms with Crippen molar-refractivity contribution in [3.05, 3.63) is 29.3 Å². The zero-order chi connectivity index (χ0) is 14.5. The summed E-state index contributed by atoms with van der Waals surface area (Å²) < 4.78 is 0. The first-order chi connectivity index (χ1) is 9.61. The molecule has 20 heavy (non-hydrogen) atoms. The average Bonchev–Trinajstić information content (AvgIpc) is 2.83. The van der Waals surface area contributed by atoms with Crippen molar-refractivity contribution in [3.8, 4) is 0 Å². The van der Waals surface area contributed by atoms with E-state index >= 15 is 0 Å². The van der Waals surface area contributed by atoms with E-state index in [9.17, 15) is 4.79 Å². The number of nitrogens with one attached hydrogen (secondary N) is 2. The number of hydrogen-bond donors (Lipinski definition) is 2. The van der Waals surface area contributed by atoms with Crippen LogP contribution in [0.1, 0.15) is 55.5 Å². The van der Waals surface area contributed by atoms with Crippen LogP contribution in [0.5, 0.6) is 0 Å². The van der Waals surface area contributed by atoms with E-state index in [0.29, 0.717) is 12.0 Å². The van der Waals surface area contributed by atoms with Gasteiger partial charge in [-0.3, -0.25) is 4.79 Å². The minimum Gasteiger partial charge on any atom is -0.384 e. The van der Waals surface area contributed by atoms with Crippen LogP contribution in [-0.2, 0) is 0 Å². The van der Waals surface area contributed by atoms with Gasteiger partial charge >= 0.3 is 0 Å². The largest absolute Gasteiger partial charge is 0.384 e. The summed E-state index contributed by atoms with van der Waals surface area (Å²) in [6.45, 7) is 7.27. The van der Waals surface area contributed by atoms with Crippen LogP contribution in [0.4, 0.5) is 5.69 Å². The smallest absolute Gasteiger partial charge is 0.253 e. The first-order valence-corrected chi connectivity index (χ1v) is 7.77. The number of carbonyl (C=O) groups excluding carboxylic acids is 1. The normalized spacial score (nSPS) is 21.8. The lowest BCUT2D eigenvalue weighted by atomic mass is 10.0. The molecule has 1 saturated carbocycles. The zero-order valence-corrected chi connectivity index (χ0v) is 12.8. The number of aryl methyl sites for hydroxylation is 1. The standard InChI is InChI=1S/C17H26N2O/c1-4-10-18-16-9-8-12(2)11-14(16)17(20)19-15-7-5-6-13(15)3/h8-9,11,13,15,18H,4-7,10H2,1-3H3,(H,19,20). The van der Waals surface area contributed by atoms with Crippen LogP contribution in [-0.4, -0.2) is 18.5 Å². The molecule has 0 spiro atoms. The van der Waals surface area contributed by atoms with E-state index in [4.69, 9.17) is 0 Å². The molecule has 2 atom stereocenters. The van der Waals surface area contributed by atoms with Gasteiger partial charge in [-0.25, -0.2) is 0 Å². The fourth-order valence-electron chi connectivity index (χ4n) is 2.87. The average molecular weight is 274 g/mol. The van der Waals surface area contributed by atoms with Crippen molar-refractivity contribution in [1.29, 1.82) is 0 Å². The lowest BCUT2D eigenvalue weighted by Gasteiger charge is -2.19. The maximum atomic E-state index is 12.5. The van der Waals surface area contributed by atoms with Gasteiger partial charge in [-0.2, -0.15) is 0 Å². The third-order valence-electron chi connectivity index (χ3n) is 4.16. The van der Waals surface area contributed by atoms with Crippen LogP contribution in [0.25, 0.3) is 0 Å². The molecule has 110 valence electrons. The van der Waals surface area contributed by atoms with Crippen molar-refractivity contribution in [2.75, 3.05) is 11.9 Å². The number of carbonyl (C=O) groups is 1. The fourth-order valence-corrected chi connectivity index (χ4v) is 2.87. The highest BCUT2D eigenvalue weighted by Gasteiger charge is 2.25. The van der Waals surface area contributed by atoms with Gasteiger partial charge in [0, 0.05) is 18.3 Å². The summed E-state index contributed by atoms with van der Waals surface area (Å²) in [6.07, 6.45) is 4.60. The van der Waals surface area contributed by atoms with Crippen molar-refractivity contribution in [2.24, 2.45) is 5.92 Å². The van der Waals surface area contributed by atoms with E-state index in [2.05, 4.69) is 24.5 Å². The van der Waals surface area contributed by atoms with Crippen molar-refractivity contribution in [3.63, 3.8) is 0 Å². The van der Waals surface area contributed by atoms with Crippen molar-refractivity contribution >= 4 is 11.6 Å². The Morgan fingerprint density at radius 1 is 1.35 bits per heavy atom. The molecule has 0 aromatic heterocycles. The lowest BCUT2D eigenvalue weighted by Crippen LogP contribution is -2.36. The Morgan fingerprint density at radius 2 is 2.15 bits per heavy atom. The molecule has 0 saturated heterocycles. The Labute approximate surface area is 122 Å². The molecule has 3 heteroatoms. The van der Waals surface area contributed by atoms with Gasteiger partial charge in [-0.05, 0) is 44.2 Å². The third-order valence-corrected chi connectivity index (χ3v) is 4.16. The Morgan fingerprint density at radius 3 is 2.80 bits per heavy atom. The summed E-state index contributed by atoms with van der Waals surface area (Å²) in [5, 5.41) is 6.56. The molecule has 1 aliphatic rings. The van der Waals surface area contributed by atoms with Crippen molar-refractivity contribution in [2.45, 2.75) is 52.5 Å². The molecule has 0 bridgehead atoms. The minimum atomic E-state index is 0.0612. The Kier molecular flexibility index (Phi) is 5.05. The predicted octanol–water partition coefficient (Wildman–Crippen LogP) is 3.74. The van der Waals surface area contributed by atoms with Crippen LogP contribution in [0.2, 0.25) is 0 Å². The minimum absolute atomic E-state index is 0.0612. The summed E-state index contributed by atoms with van der Waals surface area (Å²) in [5.41, 5.74) is 2.84. The SMILES string of the molecule is CCCNc1ccc(C)cc1C(=O)NC1CCCC1C. The van der Waals surface area contributed by atoms with Gasteiger partial charge in [0.05, 0.1) is 5.56 Å². The maximum absolute atomic E-state index is 12.5. The molecule has 1 amide bonds. The maximum Gasteiger partial charge on any atom is 0.253 e. The molecular formula is C17H26N2O. The second-order valence-corrected chi connectivity index (χ2v) is 5.96. The van der Waals surface area contributed by atoms with Gasteiger partial charge in [0.15, 0.2) is 0 Å². The molecule has 0 heterocycles. The fraction of sp³-hybridized carbons (Fsp3) is 0.588. The van der Waals surface area contributed by atoms with Crippen LogP contribution in [0, 0.1) is 12.8 Å². The molecule has 0 aliphatic heterocycles. The highest BCUT2D eigenvalue weighted by Crippen LogP contribution is 2.26. The summed E-state index contributed by atoms with van der Waals surface area (Å²) in [7, 11) is 0. The summed E-state index contributed by atoms with van der Waals surface area (Å²) in [6, 6.07) is 6.37. The van der Waals surface area contributed by atoms with Gasteiger partial charge in [-0.1, -0.05) is 31.9 Å². The van der Waals surface area contributed by atoms with E-state index in [1.807, 2.05) is 25.1 Å². The molecule has 1 aliphatic carbocycles. The summed E-state index contributed by atoms with van der Waals surface area (Å²) >= 11 is 0. The molecule has 2 rings (SSSR count). The lowest BCUT2D eigenvalue weighted by molar-refractivity contribution is 0.0930. The van der Waals surface area contributed by atoms with E-state index in [0.717, 1.165) is 36.2 Å². The molecule has 1 fully saturated rings. The predicted molar refractivity (Wildman–Crippen MR) is 84.2 cm³/mol. The quantitative estimate of drug-likeness (QED) is 0.859. The first-order valence-electron chi connectivity index (χ1n) is 7.77. The van der Waals surface area contributed by atoms with Gasteiger partial charge < -0.3 is 10.6 Å². The van der Waals surface area contributed by atoms with E-state index < -0.39 is 0 Å². The molecule has 1 aromatic carbocycles. The molecule has 1 aromatic rings.